The molecule has 162 valence electrons. The van der Waals surface area contributed by atoms with E-state index in [0.29, 0.717) is 6.42 Å². The lowest BCUT2D eigenvalue weighted by atomic mass is 10.2. The number of aromatic nitrogens is 1. The summed E-state index contributed by atoms with van der Waals surface area (Å²) >= 11 is 9.31. The molecular formula is C23H24ClN3O2S2. The van der Waals surface area contributed by atoms with Crippen molar-refractivity contribution in [1.29, 1.82) is 0 Å². The van der Waals surface area contributed by atoms with E-state index in [-0.39, 0.29) is 5.91 Å². The van der Waals surface area contributed by atoms with Crippen LogP contribution in [0.3, 0.4) is 0 Å². The maximum atomic E-state index is 12.8. The Hall–Kier alpha value is -2.22. The second-order valence-corrected chi connectivity index (χ2v) is 9.78. The van der Waals surface area contributed by atoms with Gasteiger partial charge in [0.1, 0.15) is 10.1 Å². The predicted molar refractivity (Wildman–Crippen MR) is 129 cm³/mol. The number of anilines is 1. The van der Waals surface area contributed by atoms with Crippen molar-refractivity contribution in [1.82, 2.24) is 9.88 Å². The van der Waals surface area contributed by atoms with Gasteiger partial charge in [0.25, 0.3) is 0 Å². The number of carbonyl (C=O) groups is 1. The van der Waals surface area contributed by atoms with E-state index in [9.17, 15) is 4.79 Å². The van der Waals surface area contributed by atoms with Crippen LogP contribution in [0.5, 0.6) is 5.75 Å². The Morgan fingerprint density at radius 1 is 1.16 bits per heavy atom. The third-order valence-electron chi connectivity index (χ3n) is 5.18. The van der Waals surface area contributed by atoms with Crippen molar-refractivity contribution in [2.45, 2.75) is 16.5 Å². The Labute approximate surface area is 196 Å². The Kier molecular flexibility index (Phi) is 7.37. The number of halogens is 1. The quantitative estimate of drug-likeness (QED) is 0.452. The van der Waals surface area contributed by atoms with Gasteiger partial charge in [-0.2, -0.15) is 0 Å². The zero-order valence-electron chi connectivity index (χ0n) is 17.3. The van der Waals surface area contributed by atoms with Crippen molar-refractivity contribution < 1.29 is 9.53 Å². The molecule has 1 saturated heterocycles. The van der Waals surface area contributed by atoms with Crippen LogP contribution in [-0.2, 0) is 17.0 Å². The summed E-state index contributed by atoms with van der Waals surface area (Å²) in [5, 5.41) is 2.74. The number of nitrogens with zero attached hydrogens (tertiary/aromatic N) is 3. The van der Waals surface area contributed by atoms with Gasteiger partial charge in [0.05, 0.1) is 19.2 Å². The first-order chi connectivity index (χ1) is 15.1. The highest BCUT2D eigenvalue weighted by Gasteiger charge is 2.22. The van der Waals surface area contributed by atoms with Crippen molar-refractivity contribution in [3.63, 3.8) is 0 Å². The van der Waals surface area contributed by atoms with Crippen molar-refractivity contribution in [2.75, 3.05) is 38.2 Å². The molecule has 0 aliphatic carbocycles. The van der Waals surface area contributed by atoms with Crippen LogP contribution in [0.15, 0.2) is 58.3 Å². The maximum Gasteiger partial charge on any atom is 0.228 e. The van der Waals surface area contributed by atoms with Gasteiger partial charge in [0, 0.05) is 48.0 Å². The molecule has 0 unspecified atom stereocenters. The molecule has 31 heavy (non-hydrogen) atoms. The average molecular weight is 474 g/mol. The van der Waals surface area contributed by atoms with Crippen molar-refractivity contribution in [2.24, 2.45) is 0 Å². The number of hydrogen-bond acceptors (Lipinski definition) is 6. The van der Waals surface area contributed by atoms with Gasteiger partial charge in [-0.25, -0.2) is 4.98 Å². The minimum Gasteiger partial charge on any atom is -0.497 e. The van der Waals surface area contributed by atoms with Crippen LogP contribution in [0.1, 0.15) is 11.3 Å². The fraction of sp³-hybridized carbons (Fsp3) is 0.304. The SMILES string of the molecule is COc1ccc(N2CCN(C(=O)Cc3csc(SCc4cccc(Cl)c4)n3)CC2)cc1. The van der Waals surface area contributed by atoms with Crippen LogP contribution in [0.25, 0.3) is 0 Å². The van der Waals surface area contributed by atoms with Gasteiger partial charge in [-0.3, -0.25) is 4.79 Å². The van der Waals surface area contributed by atoms with E-state index < -0.39 is 0 Å². The van der Waals surface area contributed by atoms with Crippen molar-refractivity contribution in [3.8, 4) is 5.75 Å². The summed E-state index contributed by atoms with van der Waals surface area (Å²) < 4.78 is 6.20. The molecule has 0 atom stereocenters. The zero-order chi connectivity index (χ0) is 21.6. The minimum absolute atomic E-state index is 0.145. The van der Waals surface area contributed by atoms with Crippen LogP contribution in [0.4, 0.5) is 5.69 Å². The summed E-state index contributed by atoms with van der Waals surface area (Å²) in [6.45, 7) is 3.11. The van der Waals surface area contributed by atoms with Gasteiger partial charge < -0.3 is 14.5 Å². The Bertz CT molecular complexity index is 1020. The predicted octanol–water partition coefficient (Wildman–Crippen LogP) is 4.99. The minimum atomic E-state index is 0.145. The second-order valence-electron chi connectivity index (χ2n) is 7.27. The van der Waals surface area contributed by atoms with Gasteiger partial charge in [-0.15, -0.1) is 11.3 Å². The summed E-state index contributed by atoms with van der Waals surface area (Å²) in [7, 11) is 1.67. The lowest BCUT2D eigenvalue weighted by Crippen LogP contribution is -2.49. The molecular weight excluding hydrogens is 450 g/mol. The molecule has 1 aliphatic rings. The molecule has 5 nitrogen and oxygen atoms in total. The third kappa shape index (κ3) is 5.93. The second kappa shape index (κ2) is 10.4. The van der Waals surface area contributed by atoms with Crippen LogP contribution in [0, 0.1) is 0 Å². The Balaban J connectivity index is 1.25. The molecule has 2 heterocycles. The summed E-state index contributed by atoms with van der Waals surface area (Å²) in [6, 6.07) is 15.9. The van der Waals surface area contributed by atoms with Crippen LogP contribution >= 0.6 is 34.7 Å². The van der Waals surface area contributed by atoms with Gasteiger partial charge in [-0.05, 0) is 42.0 Å². The largest absolute Gasteiger partial charge is 0.497 e. The number of methoxy groups -OCH3 is 1. The fourth-order valence-electron chi connectivity index (χ4n) is 3.48. The molecule has 0 N–H and O–H groups in total. The highest BCUT2D eigenvalue weighted by Crippen LogP contribution is 2.27. The lowest BCUT2D eigenvalue weighted by Gasteiger charge is -2.36. The van der Waals surface area contributed by atoms with E-state index >= 15 is 0 Å². The summed E-state index contributed by atoms with van der Waals surface area (Å²) in [6.07, 6.45) is 0.358. The van der Waals surface area contributed by atoms with Gasteiger partial charge in [0.15, 0.2) is 0 Å². The highest BCUT2D eigenvalue weighted by atomic mass is 35.5. The molecule has 0 bridgehead atoms. The van der Waals surface area contributed by atoms with E-state index in [1.165, 1.54) is 5.56 Å². The number of carbonyl (C=O) groups excluding carboxylic acids is 1. The summed E-state index contributed by atoms with van der Waals surface area (Å²) in [4.78, 5) is 21.6. The van der Waals surface area contributed by atoms with Crippen LogP contribution in [0.2, 0.25) is 5.02 Å². The Morgan fingerprint density at radius 3 is 2.65 bits per heavy atom. The standard InChI is InChI=1S/C23H24ClN3O2S2/c1-29-21-7-5-20(6-8-21)26-9-11-27(12-10-26)22(28)14-19-16-31-23(25-19)30-15-17-3-2-4-18(24)13-17/h2-8,13,16H,9-12,14-15H2,1H3. The monoisotopic (exact) mass is 473 g/mol. The van der Waals surface area contributed by atoms with Crippen molar-refractivity contribution >= 4 is 46.3 Å². The van der Waals surface area contributed by atoms with E-state index in [1.807, 2.05) is 40.6 Å². The van der Waals surface area contributed by atoms with Gasteiger partial charge in [-0.1, -0.05) is 35.5 Å². The first-order valence-electron chi connectivity index (χ1n) is 10.1. The number of thiazole rings is 1. The fourth-order valence-corrected chi connectivity index (χ4v) is 5.48. The maximum absolute atomic E-state index is 12.8. The number of ether oxygens (including phenoxy) is 1. The Morgan fingerprint density at radius 2 is 1.94 bits per heavy atom. The molecule has 8 heteroatoms. The van der Waals surface area contributed by atoms with E-state index in [0.717, 1.165) is 58.4 Å². The molecule has 1 amide bonds. The average Bonchev–Trinajstić information content (AvgIpc) is 3.25. The van der Waals surface area contributed by atoms with E-state index in [1.54, 1.807) is 30.2 Å². The molecule has 4 rings (SSSR count). The number of piperazine rings is 1. The molecule has 0 spiro atoms. The number of hydrogen-bond donors (Lipinski definition) is 0. The van der Waals surface area contributed by atoms with Gasteiger partial charge >= 0.3 is 0 Å². The van der Waals surface area contributed by atoms with Crippen LogP contribution < -0.4 is 9.64 Å². The highest BCUT2D eigenvalue weighted by molar-refractivity contribution is 8.00. The number of rotatable bonds is 7. The molecule has 1 aliphatic heterocycles. The molecule has 0 radical (unpaired) electrons. The lowest BCUT2D eigenvalue weighted by molar-refractivity contribution is -0.130. The van der Waals surface area contributed by atoms with E-state index in [2.05, 4.69) is 28.1 Å². The third-order valence-corrected chi connectivity index (χ3v) is 7.56. The first kappa shape index (κ1) is 22.0. The zero-order valence-corrected chi connectivity index (χ0v) is 19.7. The number of benzene rings is 2. The van der Waals surface area contributed by atoms with E-state index in [4.69, 9.17) is 16.3 Å². The summed E-state index contributed by atoms with van der Waals surface area (Å²) in [5.74, 6) is 1.81. The normalized spacial score (nSPS) is 14.0. The number of thioether (sulfide) groups is 1. The topological polar surface area (TPSA) is 45.7 Å². The first-order valence-corrected chi connectivity index (χ1v) is 12.3. The van der Waals surface area contributed by atoms with Crippen LogP contribution in [-0.4, -0.2) is 49.1 Å². The van der Waals surface area contributed by atoms with Gasteiger partial charge in [0.2, 0.25) is 5.91 Å². The summed E-state index contributed by atoms with van der Waals surface area (Å²) in [5.41, 5.74) is 3.18. The molecule has 2 aromatic carbocycles. The molecule has 1 aromatic heterocycles. The smallest absolute Gasteiger partial charge is 0.228 e. The molecule has 1 fully saturated rings. The molecule has 0 saturated carbocycles. The number of amides is 1. The molecule has 3 aromatic rings. The van der Waals surface area contributed by atoms with Crippen molar-refractivity contribution in [3.05, 3.63) is 70.2 Å².